The van der Waals surface area contributed by atoms with Gasteiger partial charge in [0.05, 0.1) is 4.47 Å². The summed E-state index contributed by atoms with van der Waals surface area (Å²) in [5.74, 6) is -0.296. The van der Waals surface area contributed by atoms with Crippen LogP contribution in [0.4, 0.5) is 0 Å². The summed E-state index contributed by atoms with van der Waals surface area (Å²) in [5, 5.41) is 0. The van der Waals surface area contributed by atoms with E-state index in [2.05, 4.69) is 42.7 Å². The van der Waals surface area contributed by atoms with Gasteiger partial charge in [-0.15, -0.1) is 0 Å². The minimum atomic E-state index is -0.456. The van der Waals surface area contributed by atoms with Gasteiger partial charge in [0, 0.05) is 10.0 Å². The van der Waals surface area contributed by atoms with Gasteiger partial charge in [-0.05, 0) is 64.8 Å². The first-order valence-corrected chi connectivity index (χ1v) is 8.28. The molecule has 2 amide bonds. The average molecular weight is 442 g/mol. The molecule has 7 heteroatoms. The van der Waals surface area contributed by atoms with E-state index in [4.69, 9.17) is 4.74 Å². The Labute approximate surface area is 150 Å². The van der Waals surface area contributed by atoms with Crippen molar-refractivity contribution in [3.05, 3.63) is 62.5 Å². The van der Waals surface area contributed by atoms with Gasteiger partial charge >= 0.3 is 0 Å². The second-order valence-corrected chi connectivity index (χ2v) is 6.50. The highest BCUT2D eigenvalue weighted by molar-refractivity contribution is 9.10. The number of rotatable bonds is 4. The third kappa shape index (κ3) is 5.37. The lowest BCUT2D eigenvalue weighted by Crippen LogP contribution is -2.43. The van der Waals surface area contributed by atoms with E-state index >= 15 is 0 Å². The van der Waals surface area contributed by atoms with Crippen molar-refractivity contribution >= 4 is 43.7 Å². The topological polar surface area (TPSA) is 67.4 Å². The van der Waals surface area contributed by atoms with Crippen LogP contribution in [0.1, 0.15) is 15.9 Å². The number of carbonyl (C=O) groups excluding carboxylic acids is 2. The quantitative estimate of drug-likeness (QED) is 0.715. The highest BCUT2D eigenvalue weighted by Crippen LogP contribution is 2.25. The monoisotopic (exact) mass is 440 g/mol. The van der Waals surface area contributed by atoms with Crippen LogP contribution in [-0.4, -0.2) is 18.4 Å². The minimum absolute atomic E-state index is 0.206. The number of ether oxygens (including phenoxy) is 1. The lowest BCUT2D eigenvalue weighted by molar-refractivity contribution is -0.123. The van der Waals surface area contributed by atoms with Gasteiger partial charge < -0.3 is 4.74 Å². The van der Waals surface area contributed by atoms with Crippen LogP contribution in [0, 0.1) is 6.92 Å². The van der Waals surface area contributed by atoms with E-state index in [-0.39, 0.29) is 6.61 Å². The minimum Gasteiger partial charge on any atom is -0.483 e. The molecule has 5 nitrogen and oxygen atoms in total. The van der Waals surface area contributed by atoms with Gasteiger partial charge in [-0.1, -0.05) is 22.0 Å². The number of hydrogen-bond donors (Lipinski definition) is 2. The molecule has 0 heterocycles. The zero-order valence-electron chi connectivity index (χ0n) is 12.2. The molecule has 0 spiro atoms. The van der Waals surface area contributed by atoms with Crippen molar-refractivity contribution in [3.8, 4) is 5.75 Å². The van der Waals surface area contributed by atoms with E-state index in [1.807, 2.05) is 19.1 Å². The summed E-state index contributed by atoms with van der Waals surface area (Å²) in [4.78, 5) is 23.5. The maximum Gasteiger partial charge on any atom is 0.276 e. The van der Waals surface area contributed by atoms with Crippen molar-refractivity contribution in [1.82, 2.24) is 10.9 Å². The van der Waals surface area contributed by atoms with Crippen molar-refractivity contribution in [2.75, 3.05) is 6.61 Å². The molecule has 120 valence electrons. The van der Waals surface area contributed by atoms with Crippen LogP contribution in [0.5, 0.6) is 5.75 Å². The van der Waals surface area contributed by atoms with E-state index < -0.39 is 11.8 Å². The molecule has 2 aromatic rings. The fraction of sp³-hybridized carbons (Fsp3) is 0.125. The summed E-state index contributed by atoms with van der Waals surface area (Å²) in [5.41, 5.74) is 6.16. The Hall–Kier alpha value is -1.86. The highest BCUT2D eigenvalue weighted by atomic mass is 79.9. The number of aryl methyl sites for hydroxylation is 1. The Kier molecular flexibility index (Phi) is 6.18. The van der Waals surface area contributed by atoms with E-state index in [1.165, 1.54) is 0 Å². The molecule has 0 aliphatic rings. The molecule has 0 radical (unpaired) electrons. The molecular formula is C16H14Br2N2O3. The lowest BCUT2D eigenvalue weighted by Gasteiger charge is -2.10. The van der Waals surface area contributed by atoms with Crippen LogP contribution < -0.4 is 15.6 Å². The first-order chi connectivity index (χ1) is 11.0. The first kappa shape index (κ1) is 17.5. The summed E-state index contributed by atoms with van der Waals surface area (Å²) in [6.45, 7) is 1.75. The third-order valence-corrected chi connectivity index (χ3v) is 4.02. The molecule has 2 N–H and O–H groups in total. The predicted octanol–water partition coefficient (Wildman–Crippen LogP) is 3.36. The SMILES string of the molecule is Cc1ccc(OCC(=O)NNC(=O)c2ccc(Br)cc2)c(Br)c1. The number of hydrogen-bond acceptors (Lipinski definition) is 3. The summed E-state index contributed by atoms with van der Waals surface area (Å²) in [6, 6.07) is 12.3. The summed E-state index contributed by atoms with van der Waals surface area (Å²) in [7, 11) is 0. The molecular weight excluding hydrogens is 428 g/mol. The normalized spacial score (nSPS) is 10.0. The van der Waals surface area contributed by atoms with Crippen LogP contribution in [0.3, 0.4) is 0 Å². The van der Waals surface area contributed by atoms with E-state index in [1.54, 1.807) is 30.3 Å². The van der Waals surface area contributed by atoms with Crippen LogP contribution in [0.25, 0.3) is 0 Å². The second-order valence-electron chi connectivity index (χ2n) is 4.73. The van der Waals surface area contributed by atoms with Crippen molar-refractivity contribution in [3.63, 3.8) is 0 Å². The number of nitrogens with one attached hydrogen (secondary N) is 2. The van der Waals surface area contributed by atoms with Crippen LogP contribution >= 0.6 is 31.9 Å². The van der Waals surface area contributed by atoms with Crippen molar-refractivity contribution in [2.24, 2.45) is 0 Å². The maximum absolute atomic E-state index is 11.8. The fourth-order valence-corrected chi connectivity index (χ4v) is 2.57. The molecule has 0 atom stereocenters. The number of amides is 2. The zero-order chi connectivity index (χ0) is 16.8. The van der Waals surface area contributed by atoms with Gasteiger partial charge in [-0.2, -0.15) is 0 Å². The molecule has 0 fully saturated rings. The first-order valence-electron chi connectivity index (χ1n) is 6.69. The number of hydrazine groups is 1. The predicted molar refractivity (Wildman–Crippen MR) is 94.1 cm³/mol. The smallest absolute Gasteiger partial charge is 0.276 e. The Balaban J connectivity index is 1.81. The highest BCUT2D eigenvalue weighted by Gasteiger charge is 2.09. The molecule has 23 heavy (non-hydrogen) atoms. The molecule has 2 rings (SSSR count). The fourth-order valence-electron chi connectivity index (χ4n) is 1.70. The van der Waals surface area contributed by atoms with Gasteiger partial charge in [0.1, 0.15) is 5.75 Å². The lowest BCUT2D eigenvalue weighted by atomic mass is 10.2. The van der Waals surface area contributed by atoms with Gasteiger partial charge in [0.15, 0.2) is 6.61 Å². The molecule has 0 saturated carbocycles. The number of carbonyl (C=O) groups is 2. The van der Waals surface area contributed by atoms with E-state index in [0.29, 0.717) is 11.3 Å². The average Bonchev–Trinajstić information content (AvgIpc) is 2.52. The maximum atomic E-state index is 11.8. The van der Waals surface area contributed by atoms with Crippen molar-refractivity contribution in [2.45, 2.75) is 6.92 Å². The Morgan fingerprint density at radius 3 is 2.39 bits per heavy atom. The van der Waals surface area contributed by atoms with E-state index in [9.17, 15) is 9.59 Å². The Morgan fingerprint density at radius 2 is 1.74 bits per heavy atom. The summed E-state index contributed by atoms with van der Waals surface area (Å²) >= 11 is 6.65. The van der Waals surface area contributed by atoms with Gasteiger partial charge in [0.25, 0.3) is 11.8 Å². The van der Waals surface area contributed by atoms with Crippen LogP contribution in [0.2, 0.25) is 0 Å². The van der Waals surface area contributed by atoms with Crippen molar-refractivity contribution < 1.29 is 14.3 Å². The molecule has 0 aliphatic carbocycles. The van der Waals surface area contributed by atoms with E-state index in [0.717, 1.165) is 14.5 Å². The summed E-state index contributed by atoms with van der Waals surface area (Å²) < 4.78 is 7.03. The standard InChI is InChI=1S/C16H14Br2N2O3/c1-10-2-7-14(13(18)8-10)23-9-15(21)19-20-16(22)11-3-5-12(17)6-4-11/h2-8H,9H2,1H3,(H,19,21)(H,20,22). The molecule has 0 unspecified atom stereocenters. The zero-order valence-corrected chi connectivity index (χ0v) is 15.4. The molecule has 0 aliphatic heterocycles. The number of benzene rings is 2. The summed E-state index contributed by atoms with van der Waals surface area (Å²) in [6.07, 6.45) is 0. The second kappa shape index (κ2) is 8.12. The van der Waals surface area contributed by atoms with Gasteiger partial charge in [-0.25, -0.2) is 0 Å². The molecule has 2 aromatic carbocycles. The van der Waals surface area contributed by atoms with Crippen LogP contribution in [-0.2, 0) is 4.79 Å². The van der Waals surface area contributed by atoms with Gasteiger partial charge in [0.2, 0.25) is 0 Å². The Bertz CT molecular complexity index is 718. The molecule has 0 bridgehead atoms. The number of halogens is 2. The van der Waals surface area contributed by atoms with Crippen molar-refractivity contribution in [1.29, 1.82) is 0 Å². The molecule has 0 saturated heterocycles. The largest absolute Gasteiger partial charge is 0.483 e. The third-order valence-electron chi connectivity index (χ3n) is 2.87. The van der Waals surface area contributed by atoms with Crippen LogP contribution in [0.15, 0.2) is 51.4 Å². The molecule has 0 aromatic heterocycles. The Morgan fingerprint density at radius 1 is 1.04 bits per heavy atom. The van der Waals surface area contributed by atoms with Gasteiger partial charge in [-0.3, -0.25) is 20.4 Å².